The lowest BCUT2D eigenvalue weighted by atomic mass is 9.75. The van der Waals surface area contributed by atoms with Crippen molar-refractivity contribution in [3.05, 3.63) is 45.3 Å². The summed E-state index contributed by atoms with van der Waals surface area (Å²) in [6.45, 7) is 7.33. The van der Waals surface area contributed by atoms with Crippen LogP contribution in [0.3, 0.4) is 0 Å². The Bertz CT molecular complexity index is 807. The van der Waals surface area contributed by atoms with E-state index in [1.807, 2.05) is 6.92 Å². The Morgan fingerprint density at radius 2 is 1.92 bits per heavy atom. The molecule has 2 fully saturated rings. The van der Waals surface area contributed by atoms with Gasteiger partial charge in [0.25, 0.3) is 0 Å². The van der Waals surface area contributed by atoms with Gasteiger partial charge < -0.3 is 4.42 Å². The number of hydrogen-bond donors (Lipinski definition) is 0. The van der Waals surface area contributed by atoms with Gasteiger partial charge in [-0.3, -0.25) is 4.90 Å². The number of aryl methyl sites for hydroxylation is 2. The van der Waals surface area contributed by atoms with Crippen LogP contribution in [0.5, 0.6) is 0 Å². The average molecular weight is 325 g/mol. The summed E-state index contributed by atoms with van der Waals surface area (Å²) >= 11 is 0. The molecule has 1 aliphatic carbocycles. The first-order valence-electron chi connectivity index (χ1n) is 9.37. The van der Waals surface area contributed by atoms with E-state index in [0.717, 1.165) is 47.0 Å². The van der Waals surface area contributed by atoms with Crippen LogP contribution in [0.15, 0.2) is 27.4 Å². The van der Waals surface area contributed by atoms with Gasteiger partial charge in [0.1, 0.15) is 5.58 Å². The van der Waals surface area contributed by atoms with Crippen molar-refractivity contribution in [2.75, 3.05) is 13.1 Å². The minimum Gasteiger partial charge on any atom is -0.422 e. The number of fused-ring (bicyclic) bond motifs is 2. The zero-order valence-electron chi connectivity index (χ0n) is 14.8. The number of piperidine rings is 1. The van der Waals surface area contributed by atoms with Crippen molar-refractivity contribution < 1.29 is 4.42 Å². The summed E-state index contributed by atoms with van der Waals surface area (Å²) < 4.78 is 5.51. The van der Waals surface area contributed by atoms with E-state index in [1.54, 1.807) is 6.07 Å². The van der Waals surface area contributed by atoms with Gasteiger partial charge in [0.2, 0.25) is 0 Å². The number of hydrogen-bond acceptors (Lipinski definition) is 3. The minimum atomic E-state index is -0.223. The summed E-state index contributed by atoms with van der Waals surface area (Å²) in [5.41, 5.74) is 3.92. The van der Waals surface area contributed by atoms with Crippen LogP contribution in [0.25, 0.3) is 11.0 Å². The molecule has 1 saturated carbocycles. The molecule has 2 aliphatic rings. The van der Waals surface area contributed by atoms with E-state index in [4.69, 9.17) is 4.42 Å². The molecule has 3 nitrogen and oxygen atoms in total. The maximum atomic E-state index is 12.1. The van der Waals surface area contributed by atoms with Crippen LogP contribution in [0.2, 0.25) is 0 Å². The Kier molecular flexibility index (Phi) is 4.21. The number of nitrogens with zero attached hydrogens (tertiary/aromatic N) is 1. The molecule has 1 aliphatic heterocycles. The summed E-state index contributed by atoms with van der Waals surface area (Å²) in [6, 6.07) is 5.95. The third-order valence-electron chi connectivity index (χ3n) is 6.29. The first kappa shape index (κ1) is 15.9. The van der Waals surface area contributed by atoms with Crippen LogP contribution in [0.1, 0.15) is 48.8 Å². The van der Waals surface area contributed by atoms with Crippen LogP contribution in [0.4, 0.5) is 0 Å². The highest BCUT2D eigenvalue weighted by Crippen LogP contribution is 2.36. The summed E-state index contributed by atoms with van der Waals surface area (Å²) in [6.07, 6.45) is 6.95. The Morgan fingerprint density at radius 3 is 2.75 bits per heavy atom. The number of rotatable bonds is 2. The van der Waals surface area contributed by atoms with Crippen molar-refractivity contribution in [1.82, 2.24) is 4.90 Å². The van der Waals surface area contributed by atoms with Crippen molar-refractivity contribution in [2.45, 2.75) is 52.5 Å². The molecule has 0 bridgehead atoms. The number of likely N-dealkylation sites (tertiary alicyclic amines) is 1. The van der Waals surface area contributed by atoms with Gasteiger partial charge in [0.05, 0.1) is 0 Å². The zero-order valence-corrected chi connectivity index (χ0v) is 14.8. The van der Waals surface area contributed by atoms with Crippen molar-refractivity contribution in [3.63, 3.8) is 0 Å². The normalized spacial score (nSPS) is 24.9. The van der Waals surface area contributed by atoms with Crippen molar-refractivity contribution in [2.24, 2.45) is 11.8 Å². The molecule has 0 amide bonds. The SMILES string of the molecule is Cc1ccc2c(CN3CC[C@H]4CCCC[C@@H]4C3)cc(=O)oc2c1C. The smallest absolute Gasteiger partial charge is 0.336 e. The Balaban J connectivity index is 1.63. The molecule has 128 valence electrons. The highest BCUT2D eigenvalue weighted by molar-refractivity contribution is 5.83. The van der Waals surface area contributed by atoms with Crippen LogP contribution >= 0.6 is 0 Å². The van der Waals surface area contributed by atoms with Gasteiger partial charge in [-0.25, -0.2) is 4.79 Å². The van der Waals surface area contributed by atoms with Gasteiger partial charge >= 0.3 is 5.63 Å². The molecule has 1 aromatic heterocycles. The topological polar surface area (TPSA) is 33.5 Å². The molecule has 2 aromatic rings. The lowest BCUT2D eigenvalue weighted by Crippen LogP contribution is -2.41. The van der Waals surface area contributed by atoms with Gasteiger partial charge in [0, 0.05) is 24.5 Å². The minimum absolute atomic E-state index is 0.223. The van der Waals surface area contributed by atoms with E-state index in [0.29, 0.717) is 0 Å². The molecule has 2 heterocycles. The van der Waals surface area contributed by atoms with Crippen LogP contribution in [0, 0.1) is 25.7 Å². The van der Waals surface area contributed by atoms with Crippen LogP contribution < -0.4 is 5.63 Å². The molecule has 0 N–H and O–H groups in total. The lowest BCUT2D eigenvalue weighted by Gasteiger charge is -2.41. The highest BCUT2D eigenvalue weighted by Gasteiger charge is 2.31. The highest BCUT2D eigenvalue weighted by atomic mass is 16.4. The third kappa shape index (κ3) is 2.90. The fourth-order valence-electron chi connectivity index (χ4n) is 4.72. The van der Waals surface area contributed by atoms with Crippen molar-refractivity contribution in [3.8, 4) is 0 Å². The average Bonchev–Trinajstić information content (AvgIpc) is 2.58. The molecule has 1 aromatic carbocycles. The van der Waals surface area contributed by atoms with E-state index < -0.39 is 0 Å². The van der Waals surface area contributed by atoms with Crippen molar-refractivity contribution >= 4 is 11.0 Å². The Labute approximate surface area is 143 Å². The van der Waals surface area contributed by atoms with E-state index in [2.05, 4.69) is 24.0 Å². The molecule has 0 unspecified atom stereocenters. The largest absolute Gasteiger partial charge is 0.422 e. The fraction of sp³-hybridized carbons (Fsp3) is 0.571. The third-order valence-corrected chi connectivity index (χ3v) is 6.29. The first-order valence-corrected chi connectivity index (χ1v) is 9.37. The molecule has 0 radical (unpaired) electrons. The van der Waals surface area contributed by atoms with E-state index in [-0.39, 0.29) is 5.63 Å². The Morgan fingerprint density at radius 1 is 1.12 bits per heavy atom. The second-order valence-electron chi connectivity index (χ2n) is 7.80. The summed E-state index contributed by atoms with van der Waals surface area (Å²) in [7, 11) is 0. The summed E-state index contributed by atoms with van der Waals surface area (Å²) in [5.74, 6) is 1.81. The monoisotopic (exact) mass is 325 g/mol. The predicted molar refractivity (Wildman–Crippen MR) is 97.3 cm³/mol. The molecule has 4 rings (SSSR count). The fourth-order valence-corrected chi connectivity index (χ4v) is 4.72. The van der Waals surface area contributed by atoms with Gasteiger partial charge in [-0.15, -0.1) is 0 Å². The quantitative estimate of drug-likeness (QED) is 0.766. The molecular formula is C21H27NO2. The number of benzene rings is 1. The van der Waals surface area contributed by atoms with Crippen LogP contribution in [-0.4, -0.2) is 18.0 Å². The first-order chi connectivity index (χ1) is 11.6. The summed E-state index contributed by atoms with van der Waals surface area (Å²) in [4.78, 5) is 14.6. The molecule has 24 heavy (non-hydrogen) atoms. The van der Waals surface area contributed by atoms with Gasteiger partial charge in [-0.2, -0.15) is 0 Å². The van der Waals surface area contributed by atoms with Gasteiger partial charge in [-0.05, 0) is 61.8 Å². The van der Waals surface area contributed by atoms with Crippen molar-refractivity contribution in [1.29, 1.82) is 0 Å². The second kappa shape index (κ2) is 6.36. The molecule has 2 atom stereocenters. The maximum Gasteiger partial charge on any atom is 0.336 e. The second-order valence-corrected chi connectivity index (χ2v) is 7.80. The standard InChI is InChI=1S/C21H27NO2/c1-14-7-8-19-18(11-20(23)24-21(19)15(14)2)13-22-10-9-16-5-3-4-6-17(16)12-22/h7-8,11,16-17H,3-6,9-10,12-13H2,1-2H3/t16-,17-/m1/s1. The molecule has 3 heteroatoms. The molecule has 1 saturated heterocycles. The molecule has 0 spiro atoms. The van der Waals surface area contributed by atoms with Crippen LogP contribution in [-0.2, 0) is 6.54 Å². The predicted octanol–water partition coefficient (Wildman–Crippen LogP) is 4.42. The molecular weight excluding hydrogens is 298 g/mol. The maximum absolute atomic E-state index is 12.1. The van der Waals surface area contributed by atoms with E-state index in [1.165, 1.54) is 44.2 Å². The zero-order chi connectivity index (χ0) is 16.7. The lowest BCUT2D eigenvalue weighted by molar-refractivity contribution is 0.0822. The van der Waals surface area contributed by atoms with E-state index >= 15 is 0 Å². The van der Waals surface area contributed by atoms with Gasteiger partial charge in [0.15, 0.2) is 0 Å². The van der Waals surface area contributed by atoms with E-state index in [9.17, 15) is 4.79 Å². The Hall–Kier alpha value is -1.61. The van der Waals surface area contributed by atoms with Gasteiger partial charge in [-0.1, -0.05) is 31.4 Å². The summed E-state index contributed by atoms with van der Waals surface area (Å²) in [5, 5.41) is 1.10.